The second kappa shape index (κ2) is 14.6. The van der Waals surface area contributed by atoms with E-state index >= 15 is 0 Å². The van der Waals surface area contributed by atoms with Crippen LogP contribution < -0.4 is 4.90 Å². The Hall–Kier alpha value is -7.94. The van der Waals surface area contributed by atoms with Crippen molar-refractivity contribution in [3.63, 3.8) is 0 Å². The van der Waals surface area contributed by atoms with E-state index in [1.54, 1.807) is 0 Å². The maximum atomic E-state index is 6.40. The Kier molecular flexibility index (Phi) is 8.55. The van der Waals surface area contributed by atoms with E-state index in [0.717, 1.165) is 50.1 Å². The predicted molar refractivity (Wildman–Crippen MR) is 265 cm³/mol. The SMILES string of the molecule is CC1(C)c2ccccc2-c2cccc(-c3ccc(N(c4ccc(-c5cccc(-c6ccc7ccccc7c6)c5)cc4)c4ccccc4-c4ccc5c(c4)oc4ccccc45)cc3)c21. The Morgan fingerprint density at radius 2 is 0.921 bits per heavy atom. The van der Waals surface area contributed by atoms with Gasteiger partial charge in [0, 0.05) is 33.1 Å². The van der Waals surface area contributed by atoms with Crippen molar-refractivity contribution >= 4 is 49.8 Å². The average Bonchev–Trinajstić information content (AvgIpc) is 3.83. The second-order valence-electron chi connectivity index (χ2n) is 17.3. The molecule has 0 amide bonds. The number of benzene rings is 10. The first-order valence-corrected chi connectivity index (χ1v) is 21.8. The first-order chi connectivity index (χ1) is 31.0. The van der Waals surface area contributed by atoms with E-state index in [1.165, 1.54) is 66.4 Å². The second-order valence-corrected chi connectivity index (χ2v) is 17.3. The fourth-order valence-corrected chi connectivity index (χ4v) is 10.2. The molecule has 0 radical (unpaired) electrons. The van der Waals surface area contributed by atoms with Crippen molar-refractivity contribution in [3.8, 4) is 55.6 Å². The van der Waals surface area contributed by atoms with Gasteiger partial charge in [-0.1, -0.05) is 178 Å². The van der Waals surface area contributed by atoms with Crippen LogP contribution in [0.15, 0.2) is 229 Å². The summed E-state index contributed by atoms with van der Waals surface area (Å²) in [6.45, 7) is 4.72. The lowest BCUT2D eigenvalue weighted by molar-refractivity contribution is 0.662. The molecule has 0 bridgehead atoms. The summed E-state index contributed by atoms with van der Waals surface area (Å²) in [4.78, 5) is 2.40. The predicted octanol–water partition coefficient (Wildman–Crippen LogP) is 17.2. The van der Waals surface area contributed by atoms with Crippen molar-refractivity contribution in [2.75, 3.05) is 4.90 Å². The molecule has 0 saturated heterocycles. The van der Waals surface area contributed by atoms with Crippen molar-refractivity contribution in [1.29, 1.82) is 0 Å². The molecule has 298 valence electrons. The van der Waals surface area contributed by atoms with Gasteiger partial charge in [0.25, 0.3) is 0 Å². The molecule has 1 aliphatic rings. The van der Waals surface area contributed by atoms with Gasteiger partial charge in [0.15, 0.2) is 0 Å². The molecule has 0 unspecified atom stereocenters. The van der Waals surface area contributed by atoms with E-state index in [9.17, 15) is 0 Å². The standard InChI is InChI=1S/C61H43NO/c1-61(2)56-22-8-5-18-52(56)55-21-12-20-51(60(55)61)42-29-34-49(35-30-42)62(57-23-9-6-17-50(57)47-31-36-54-53-19-7-10-24-58(53)63-59(54)39-47)48-32-27-41(28-33-48)44-15-11-16-45(37-44)46-26-25-40-13-3-4-14-43(40)38-46/h3-39H,1-2H3. The number of anilines is 3. The van der Waals surface area contributed by atoms with Gasteiger partial charge in [0.2, 0.25) is 0 Å². The van der Waals surface area contributed by atoms with Crippen LogP contribution in [-0.2, 0) is 5.41 Å². The highest BCUT2D eigenvalue weighted by atomic mass is 16.3. The maximum absolute atomic E-state index is 6.40. The maximum Gasteiger partial charge on any atom is 0.136 e. The van der Waals surface area contributed by atoms with Crippen molar-refractivity contribution in [2.24, 2.45) is 0 Å². The molecule has 0 spiro atoms. The first kappa shape index (κ1) is 36.9. The van der Waals surface area contributed by atoms with E-state index in [-0.39, 0.29) is 5.41 Å². The molecular weight excluding hydrogens is 763 g/mol. The van der Waals surface area contributed by atoms with Crippen LogP contribution in [0, 0.1) is 0 Å². The molecule has 10 aromatic carbocycles. The van der Waals surface area contributed by atoms with Gasteiger partial charge >= 0.3 is 0 Å². The number of furan rings is 1. The summed E-state index contributed by atoms with van der Waals surface area (Å²) in [5.74, 6) is 0. The van der Waals surface area contributed by atoms with Crippen LogP contribution >= 0.6 is 0 Å². The molecule has 2 nitrogen and oxygen atoms in total. The molecule has 0 aliphatic heterocycles. The molecule has 0 atom stereocenters. The van der Waals surface area contributed by atoms with Crippen LogP contribution in [0.4, 0.5) is 17.1 Å². The summed E-state index contributed by atoms with van der Waals surface area (Å²) in [7, 11) is 0. The lowest BCUT2D eigenvalue weighted by Crippen LogP contribution is -2.16. The lowest BCUT2D eigenvalue weighted by atomic mass is 9.79. The molecule has 0 N–H and O–H groups in total. The molecule has 63 heavy (non-hydrogen) atoms. The highest BCUT2D eigenvalue weighted by Gasteiger charge is 2.37. The van der Waals surface area contributed by atoms with Crippen LogP contribution in [-0.4, -0.2) is 0 Å². The Morgan fingerprint density at radius 1 is 0.349 bits per heavy atom. The van der Waals surface area contributed by atoms with Gasteiger partial charge in [-0.15, -0.1) is 0 Å². The summed E-state index contributed by atoms with van der Waals surface area (Å²) in [6.07, 6.45) is 0. The molecule has 11 aromatic rings. The summed E-state index contributed by atoms with van der Waals surface area (Å²) in [6, 6.07) is 81.6. The van der Waals surface area contributed by atoms with E-state index < -0.39 is 0 Å². The van der Waals surface area contributed by atoms with Gasteiger partial charge in [-0.2, -0.15) is 0 Å². The zero-order chi connectivity index (χ0) is 42.1. The van der Waals surface area contributed by atoms with E-state index in [0.29, 0.717) is 0 Å². The van der Waals surface area contributed by atoms with Gasteiger partial charge < -0.3 is 9.32 Å². The molecule has 1 aliphatic carbocycles. The minimum absolute atomic E-state index is 0.107. The highest BCUT2D eigenvalue weighted by Crippen LogP contribution is 2.52. The zero-order valence-electron chi connectivity index (χ0n) is 35.2. The van der Waals surface area contributed by atoms with Gasteiger partial charge in [-0.3, -0.25) is 0 Å². The third-order valence-corrected chi connectivity index (χ3v) is 13.3. The number of rotatable bonds is 7. The van der Waals surface area contributed by atoms with Gasteiger partial charge in [-0.25, -0.2) is 0 Å². The van der Waals surface area contributed by atoms with Crippen LogP contribution in [0.5, 0.6) is 0 Å². The minimum atomic E-state index is -0.107. The van der Waals surface area contributed by atoms with Crippen LogP contribution in [0.25, 0.3) is 88.3 Å². The van der Waals surface area contributed by atoms with E-state index in [1.807, 2.05) is 12.1 Å². The molecule has 12 rings (SSSR count). The molecule has 2 heteroatoms. The molecule has 1 aromatic heterocycles. The number of para-hydroxylation sites is 2. The first-order valence-electron chi connectivity index (χ1n) is 21.8. The Balaban J connectivity index is 0.960. The summed E-state index contributed by atoms with van der Waals surface area (Å²) < 4.78 is 6.40. The molecule has 0 saturated carbocycles. The van der Waals surface area contributed by atoms with E-state index in [2.05, 4.69) is 231 Å². The van der Waals surface area contributed by atoms with Gasteiger partial charge in [-0.05, 0) is 133 Å². The third kappa shape index (κ3) is 6.17. The van der Waals surface area contributed by atoms with Crippen molar-refractivity contribution in [3.05, 3.63) is 236 Å². The number of hydrogen-bond acceptors (Lipinski definition) is 2. The number of fused-ring (bicyclic) bond motifs is 7. The monoisotopic (exact) mass is 805 g/mol. The smallest absolute Gasteiger partial charge is 0.136 e. The highest BCUT2D eigenvalue weighted by molar-refractivity contribution is 6.06. The fourth-order valence-electron chi connectivity index (χ4n) is 10.2. The molecular formula is C61H43NO. The van der Waals surface area contributed by atoms with Crippen molar-refractivity contribution in [1.82, 2.24) is 0 Å². The third-order valence-electron chi connectivity index (χ3n) is 13.3. The Bertz CT molecular complexity index is 3540. The molecule has 0 fully saturated rings. The zero-order valence-corrected chi connectivity index (χ0v) is 35.2. The number of nitrogens with zero attached hydrogens (tertiary/aromatic N) is 1. The van der Waals surface area contributed by atoms with Gasteiger partial charge in [0.05, 0.1) is 5.69 Å². The van der Waals surface area contributed by atoms with Gasteiger partial charge in [0.1, 0.15) is 11.2 Å². The van der Waals surface area contributed by atoms with Crippen molar-refractivity contribution < 1.29 is 4.42 Å². The minimum Gasteiger partial charge on any atom is -0.456 e. The quantitative estimate of drug-likeness (QED) is 0.160. The Morgan fingerprint density at radius 3 is 1.75 bits per heavy atom. The van der Waals surface area contributed by atoms with Crippen LogP contribution in [0.1, 0.15) is 25.0 Å². The topological polar surface area (TPSA) is 16.4 Å². The molecule has 1 heterocycles. The summed E-state index contributed by atoms with van der Waals surface area (Å²) >= 11 is 0. The summed E-state index contributed by atoms with van der Waals surface area (Å²) in [5, 5.41) is 4.76. The normalized spacial score (nSPS) is 12.7. The van der Waals surface area contributed by atoms with Crippen LogP contribution in [0.3, 0.4) is 0 Å². The van der Waals surface area contributed by atoms with E-state index in [4.69, 9.17) is 4.42 Å². The van der Waals surface area contributed by atoms with Crippen LogP contribution in [0.2, 0.25) is 0 Å². The average molecular weight is 806 g/mol. The number of hydrogen-bond donors (Lipinski definition) is 0. The fraction of sp³-hybridized carbons (Fsp3) is 0.0492. The Labute approximate surface area is 368 Å². The lowest BCUT2D eigenvalue weighted by Gasteiger charge is -2.28. The summed E-state index contributed by atoms with van der Waals surface area (Å²) in [5.41, 5.74) is 19.8. The largest absolute Gasteiger partial charge is 0.456 e. The van der Waals surface area contributed by atoms with Crippen molar-refractivity contribution in [2.45, 2.75) is 19.3 Å².